The van der Waals surface area contributed by atoms with Crippen LogP contribution in [0.5, 0.6) is 17.2 Å². The zero-order valence-corrected chi connectivity index (χ0v) is 14.4. The van der Waals surface area contributed by atoms with Gasteiger partial charge in [-0.3, -0.25) is 0 Å². The van der Waals surface area contributed by atoms with E-state index in [9.17, 15) is 0 Å². The third-order valence-corrected chi connectivity index (χ3v) is 4.11. The van der Waals surface area contributed by atoms with Gasteiger partial charge in [0.15, 0.2) is 0 Å². The molecule has 0 aliphatic rings. The molecule has 2 aromatic carbocycles. The second-order valence-corrected chi connectivity index (χ2v) is 5.75. The Labute approximate surface area is 137 Å². The van der Waals surface area contributed by atoms with Crippen LogP contribution in [0.15, 0.2) is 40.9 Å². The average Bonchev–Trinajstić information content (AvgIpc) is 2.53. The van der Waals surface area contributed by atoms with Crippen molar-refractivity contribution in [2.75, 3.05) is 21.3 Å². The normalized spacial score (nSPS) is 11.9. The summed E-state index contributed by atoms with van der Waals surface area (Å²) >= 11 is 10.1. The highest BCUT2D eigenvalue weighted by Gasteiger charge is 2.18. The van der Waals surface area contributed by atoms with E-state index >= 15 is 0 Å². The summed E-state index contributed by atoms with van der Waals surface area (Å²) in [6.45, 7) is 0. The minimum absolute atomic E-state index is 0.374. The van der Waals surface area contributed by atoms with Gasteiger partial charge in [-0.2, -0.15) is 0 Å². The summed E-state index contributed by atoms with van der Waals surface area (Å²) in [6.07, 6.45) is 0. The molecule has 0 amide bonds. The lowest BCUT2D eigenvalue weighted by molar-refractivity contribution is 0.393. The maximum Gasteiger partial charge on any atom is 0.123 e. The molecular weight excluding hydrogens is 356 g/mol. The van der Waals surface area contributed by atoms with Gasteiger partial charge in [0.1, 0.15) is 17.2 Å². The molecule has 0 saturated carbocycles. The molecule has 2 aromatic rings. The molecule has 0 saturated heterocycles. The fourth-order valence-corrected chi connectivity index (χ4v) is 2.73. The lowest BCUT2D eigenvalue weighted by Crippen LogP contribution is -1.99. The summed E-state index contributed by atoms with van der Waals surface area (Å²) in [5.41, 5.74) is 1.76. The molecule has 0 aliphatic carbocycles. The zero-order chi connectivity index (χ0) is 15.4. The minimum atomic E-state index is -0.374. The molecule has 1 unspecified atom stereocenters. The van der Waals surface area contributed by atoms with Gasteiger partial charge in [0, 0.05) is 16.1 Å². The van der Waals surface area contributed by atoms with E-state index in [1.165, 1.54) is 0 Å². The summed E-state index contributed by atoms with van der Waals surface area (Å²) in [6, 6.07) is 11.3. The molecule has 0 N–H and O–H groups in total. The van der Waals surface area contributed by atoms with Crippen LogP contribution in [0, 0.1) is 0 Å². The van der Waals surface area contributed by atoms with Crippen LogP contribution in [-0.2, 0) is 0 Å². The third kappa shape index (κ3) is 3.63. The molecule has 0 bridgehead atoms. The molecule has 1 atom stereocenters. The Kier molecular flexibility index (Phi) is 5.37. The van der Waals surface area contributed by atoms with Gasteiger partial charge >= 0.3 is 0 Å². The smallest absolute Gasteiger partial charge is 0.123 e. The fraction of sp³-hybridized carbons (Fsp3) is 0.250. The SMILES string of the molecule is COc1cc(OC)cc(C(Cl)c2cc(Br)ccc2OC)c1. The van der Waals surface area contributed by atoms with Crippen molar-refractivity contribution in [1.82, 2.24) is 0 Å². The maximum atomic E-state index is 6.63. The Morgan fingerprint density at radius 2 is 1.52 bits per heavy atom. The van der Waals surface area contributed by atoms with Crippen LogP contribution in [-0.4, -0.2) is 21.3 Å². The summed E-state index contributed by atoms with van der Waals surface area (Å²) < 4.78 is 16.9. The first-order valence-electron chi connectivity index (χ1n) is 6.29. The van der Waals surface area contributed by atoms with E-state index in [4.69, 9.17) is 25.8 Å². The predicted octanol–water partition coefficient (Wildman–Crippen LogP) is 4.80. The van der Waals surface area contributed by atoms with Gasteiger partial charge < -0.3 is 14.2 Å². The molecule has 0 fully saturated rings. The van der Waals surface area contributed by atoms with Crippen molar-refractivity contribution in [2.24, 2.45) is 0 Å². The Morgan fingerprint density at radius 1 is 0.905 bits per heavy atom. The lowest BCUT2D eigenvalue weighted by Gasteiger charge is -2.16. The van der Waals surface area contributed by atoms with Crippen LogP contribution in [0.2, 0.25) is 0 Å². The molecule has 112 valence electrons. The van der Waals surface area contributed by atoms with Crippen LogP contribution >= 0.6 is 27.5 Å². The fourth-order valence-electron chi connectivity index (χ4n) is 2.06. The Bertz CT molecular complexity index is 609. The first kappa shape index (κ1) is 16.0. The number of methoxy groups -OCH3 is 3. The van der Waals surface area contributed by atoms with Crippen molar-refractivity contribution in [3.63, 3.8) is 0 Å². The van der Waals surface area contributed by atoms with Crippen molar-refractivity contribution < 1.29 is 14.2 Å². The quantitative estimate of drug-likeness (QED) is 0.706. The molecule has 0 aromatic heterocycles. The summed E-state index contributed by atoms with van der Waals surface area (Å²) in [7, 11) is 4.85. The zero-order valence-electron chi connectivity index (χ0n) is 12.0. The molecule has 21 heavy (non-hydrogen) atoms. The average molecular weight is 372 g/mol. The van der Waals surface area contributed by atoms with Gasteiger partial charge in [-0.15, -0.1) is 11.6 Å². The summed E-state index contributed by atoms with van der Waals surface area (Å²) in [5, 5.41) is -0.374. The van der Waals surface area contributed by atoms with Crippen molar-refractivity contribution >= 4 is 27.5 Å². The molecule has 0 spiro atoms. The second-order valence-electron chi connectivity index (χ2n) is 4.39. The van der Waals surface area contributed by atoms with Crippen LogP contribution in [0.1, 0.15) is 16.5 Å². The number of benzene rings is 2. The highest BCUT2D eigenvalue weighted by atomic mass is 79.9. The summed E-state index contributed by atoms with van der Waals surface area (Å²) in [5.74, 6) is 2.13. The van der Waals surface area contributed by atoms with Gasteiger partial charge in [0.2, 0.25) is 0 Å². The largest absolute Gasteiger partial charge is 0.497 e. The van der Waals surface area contributed by atoms with Gasteiger partial charge in [-0.25, -0.2) is 0 Å². The lowest BCUT2D eigenvalue weighted by atomic mass is 10.0. The van der Waals surface area contributed by atoms with Crippen molar-refractivity contribution in [2.45, 2.75) is 5.38 Å². The Morgan fingerprint density at radius 3 is 2.05 bits per heavy atom. The van der Waals surface area contributed by atoms with Gasteiger partial charge in [0.25, 0.3) is 0 Å². The molecule has 5 heteroatoms. The Hall–Kier alpha value is -1.39. The topological polar surface area (TPSA) is 27.7 Å². The van der Waals surface area contributed by atoms with Crippen LogP contribution in [0.3, 0.4) is 0 Å². The highest BCUT2D eigenvalue weighted by molar-refractivity contribution is 9.10. The van der Waals surface area contributed by atoms with Gasteiger partial charge in [-0.1, -0.05) is 15.9 Å². The first-order valence-corrected chi connectivity index (χ1v) is 7.52. The molecule has 3 nitrogen and oxygen atoms in total. The molecule has 0 radical (unpaired) electrons. The number of alkyl halides is 1. The van der Waals surface area contributed by atoms with Gasteiger partial charge in [0.05, 0.1) is 26.7 Å². The Balaban J connectivity index is 2.48. The van der Waals surface area contributed by atoms with Crippen molar-refractivity contribution in [3.05, 3.63) is 52.0 Å². The third-order valence-electron chi connectivity index (χ3n) is 3.13. The van der Waals surface area contributed by atoms with E-state index in [1.807, 2.05) is 36.4 Å². The van der Waals surface area contributed by atoms with Crippen molar-refractivity contribution in [3.8, 4) is 17.2 Å². The van der Waals surface area contributed by atoms with E-state index in [-0.39, 0.29) is 5.38 Å². The van der Waals surface area contributed by atoms with E-state index < -0.39 is 0 Å². The van der Waals surface area contributed by atoms with Crippen LogP contribution < -0.4 is 14.2 Å². The van der Waals surface area contributed by atoms with Crippen molar-refractivity contribution in [1.29, 1.82) is 0 Å². The minimum Gasteiger partial charge on any atom is -0.497 e. The first-order chi connectivity index (χ1) is 10.1. The van der Waals surface area contributed by atoms with E-state index in [0.29, 0.717) is 11.5 Å². The van der Waals surface area contributed by atoms with E-state index in [2.05, 4.69) is 15.9 Å². The predicted molar refractivity (Wildman–Crippen MR) is 87.9 cm³/mol. The highest BCUT2D eigenvalue weighted by Crippen LogP contribution is 2.39. The summed E-state index contributed by atoms with van der Waals surface area (Å²) in [4.78, 5) is 0. The molecule has 2 rings (SSSR count). The molecule has 0 aliphatic heterocycles. The maximum absolute atomic E-state index is 6.63. The number of hydrogen-bond donors (Lipinski definition) is 0. The van der Waals surface area contributed by atoms with E-state index in [0.717, 1.165) is 21.3 Å². The number of ether oxygens (including phenoxy) is 3. The van der Waals surface area contributed by atoms with Crippen LogP contribution in [0.25, 0.3) is 0 Å². The standard InChI is InChI=1S/C16H16BrClO3/c1-19-12-6-10(7-13(9-12)20-2)16(18)14-8-11(17)4-5-15(14)21-3/h4-9,16H,1-3H3. The van der Waals surface area contributed by atoms with Crippen LogP contribution in [0.4, 0.5) is 0 Å². The molecule has 0 heterocycles. The second kappa shape index (κ2) is 7.05. The van der Waals surface area contributed by atoms with E-state index in [1.54, 1.807) is 21.3 Å². The van der Waals surface area contributed by atoms with Gasteiger partial charge in [-0.05, 0) is 35.9 Å². The number of hydrogen-bond acceptors (Lipinski definition) is 3. The molecular formula is C16H16BrClO3. The number of rotatable bonds is 5. The monoisotopic (exact) mass is 370 g/mol. The number of halogens is 2.